The Morgan fingerprint density at radius 1 is 1.44 bits per heavy atom. The summed E-state index contributed by atoms with van der Waals surface area (Å²) in [6.45, 7) is 0. The van der Waals surface area contributed by atoms with Crippen molar-refractivity contribution in [1.82, 2.24) is 15.1 Å². The second-order valence-electron chi connectivity index (χ2n) is 5.01. The van der Waals surface area contributed by atoms with Crippen LogP contribution >= 0.6 is 0 Å². The van der Waals surface area contributed by atoms with Crippen LogP contribution in [0, 0.1) is 5.92 Å². The van der Waals surface area contributed by atoms with Gasteiger partial charge in [0.1, 0.15) is 0 Å². The maximum absolute atomic E-state index is 6.20. The van der Waals surface area contributed by atoms with Crippen LogP contribution in [0.5, 0.6) is 0 Å². The highest BCUT2D eigenvalue weighted by molar-refractivity contribution is 5.47. The Balaban J connectivity index is 1.66. The number of aromatic nitrogens is 3. The van der Waals surface area contributed by atoms with E-state index in [0.717, 1.165) is 5.69 Å². The van der Waals surface area contributed by atoms with E-state index in [2.05, 4.69) is 15.1 Å². The fraction of sp³-hybridized carbons (Fsp3) is 0.538. The van der Waals surface area contributed by atoms with Crippen molar-refractivity contribution in [2.75, 3.05) is 0 Å². The van der Waals surface area contributed by atoms with Crippen molar-refractivity contribution in [3.8, 4) is 11.5 Å². The van der Waals surface area contributed by atoms with Crippen LogP contribution in [-0.4, -0.2) is 21.2 Å². The lowest BCUT2D eigenvalue weighted by atomic mass is 9.96. The molecule has 0 amide bonds. The normalized spacial score (nSPS) is 18.3. The van der Waals surface area contributed by atoms with Crippen LogP contribution in [0.3, 0.4) is 0 Å². The van der Waals surface area contributed by atoms with E-state index in [0.29, 0.717) is 24.1 Å². The minimum atomic E-state index is 0.143. The summed E-state index contributed by atoms with van der Waals surface area (Å²) in [6, 6.07) is 3.98. The van der Waals surface area contributed by atoms with Crippen LogP contribution in [-0.2, 0) is 6.42 Å². The fourth-order valence-electron chi connectivity index (χ4n) is 2.67. The number of hydrogen-bond acceptors (Lipinski definition) is 4. The Morgan fingerprint density at radius 2 is 2.28 bits per heavy atom. The summed E-state index contributed by atoms with van der Waals surface area (Å²) in [7, 11) is 0. The SMILES string of the molecule is NC(Cc1nc(-c2ccc[nH]2)no1)C1CCCC1. The van der Waals surface area contributed by atoms with E-state index in [1.165, 1.54) is 25.7 Å². The number of nitrogens with zero attached hydrogens (tertiary/aromatic N) is 2. The molecule has 3 N–H and O–H groups in total. The van der Waals surface area contributed by atoms with Crippen molar-refractivity contribution in [3.05, 3.63) is 24.2 Å². The molecule has 1 aliphatic rings. The zero-order valence-electron chi connectivity index (χ0n) is 10.3. The van der Waals surface area contributed by atoms with Gasteiger partial charge in [-0.25, -0.2) is 0 Å². The predicted octanol–water partition coefficient (Wildman–Crippen LogP) is 2.12. The van der Waals surface area contributed by atoms with Crippen molar-refractivity contribution in [1.29, 1.82) is 0 Å². The summed E-state index contributed by atoms with van der Waals surface area (Å²) in [5, 5.41) is 3.97. The Bertz CT molecular complexity index is 485. The summed E-state index contributed by atoms with van der Waals surface area (Å²) in [4.78, 5) is 7.43. The molecule has 0 aromatic carbocycles. The Labute approximate surface area is 106 Å². The lowest BCUT2D eigenvalue weighted by molar-refractivity contribution is 0.341. The second kappa shape index (κ2) is 4.94. The first kappa shape index (κ1) is 11.5. The molecule has 1 aliphatic carbocycles. The number of rotatable bonds is 4. The molecule has 1 unspecified atom stereocenters. The monoisotopic (exact) mass is 246 g/mol. The van der Waals surface area contributed by atoms with Gasteiger partial charge in [0.25, 0.3) is 0 Å². The summed E-state index contributed by atoms with van der Waals surface area (Å²) in [6.07, 6.45) is 7.59. The number of H-pyrrole nitrogens is 1. The van der Waals surface area contributed by atoms with Crippen LogP contribution in [0.4, 0.5) is 0 Å². The molecule has 1 saturated carbocycles. The number of hydrogen-bond donors (Lipinski definition) is 2. The molecule has 5 heteroatoms. The molecule has 1 atom stereocenters. The molecule has 1 fully saturated rings. The first-order valence-corrected chi connectivity index (χ1v) is 6.55. The van der Waals surface area contributed by atoms with Gasteiger partial charge < -0.3 is 15.2 Å². The number of nitrogens with two attached hydrogens (primary N) is 1. The highest BCUT2D eigenvalue weighted by Gasteiger charge is 2.24. The van der Waals surface area contributed by atoms with Gasteiger partial charge in [0.05, 0.1) is 5.69 Å². The van der Waals surface area contributed by atoms with Crippen LogP contribution in [0.2, 0.25) is 0 Å². The highest BCUT2D eigenvalue weighted by atomic mass is 16.5. The standard InChI is InChI=1S/C13H18N4O/c14-10(9-4-1-2-5-9)8-12-16-13(17-18-12)11-6-3-7-15-11/h3,6-7,9-10,15H,1-2,4-5,8,14H2. The molecule has 18 heavy (non-hydrogen) atoms. The number of nitrogens with one attached hydrogen (secondary N) is 1. The molecule has 0 saturated heterocycles. The van der Waals surface area contributed by atoms with Crippen molar-refractivity contribution in [3.63, 3.8) is 0 Å². The van der Waals surface area contributed by atoms with E-state index >= 15 is 0 Å². The first-order valence-electron chi connectivity index (χ1n) is 6.55. The van der Waals surface area contributed by atoms with Gasteiger partial charge in [-0.05, 0) is 30.9 Å². The maximum Gasteiger partial charge on any atom is 0.228 e. The summed E-state index contributed by atoms with van der Waals surface area (Å²) in [5.41, 5.74) is 7.08. The molecule has 2 aromatic rings. The van der Waals surface area contributed by atoms with Crippen LogP contribution < -0.4 is 5.73 Å². The Morgan fingerprint density at radius 3 is 3.00 bits per heavy atom. The van der Waals surface area contributed by atoms with Gasteiger partial charge in [-0.1, -0.05) is 18.0 Å². The molecule has 0 aliphatic heterocycles. The lowest BCUT2D eigenvalue weighted by Gasteiger charge is -2.16. The second-order valence-corrected chi connectivity index (χ2v) is 5.01. The molecule has 2 heterocycles. The van der Waals surface area contributed by atoms with Gasteiger partial charge >= 0.3 is 0 Å². The van der Waals surface area contributed by atoms with Gasteiger partial charge in [0, 0.05) is 18.7 Å². The molecule has 5 nitrogen and oxygen atoms in total. The van der Waals surface area contributed by atoms with E-state index in [1.54, 1.807) is 0 Å². The van der Waals surface area contributed by atoms with Gasteiger partial charge in [-0.15, -0.1) is 0 Å². The molecule has 0 spiro atoms. The van der Waals surface area contributed by atoms with Gasteiger partial charge in [0.15, 0.2) is 0 Å². The molecule has 96 valence electrons. The highest BCUT2D eigenvalue weighted by Crippen LogP contribution is 2.28. The molecular weight excluding hydrogens is 228 g/mol. The van der Waals surface area contributed by atoms with E-state index in [9.17, 15) is 0 Å². The molecule has 0 radical (unpaired) electrons. The number of aromatic amines is 1. The maximum atomic E-state index is 6.20. The molecular formula is C13H18N4O. The van der Waals surface area contributed by atoms with Crippen LogP contribution in [0.25, 0.3) is 11.5 Å². The van der Waals surface area contributed by atoms with Crippen molar-refractivity contribution in [2.24, 2.45) is 11.7 Å². The van der Waals surface area contributed by atoms with E-state index in [1.807, 2.05) is 18.3 Å². The third kappa shape index (κ3) is 2.31. The van der Waals surface area contributed by atoms with Gasteiger partial charge in [-0.3, -0.25) is 0 Å². The predicted molar refractivity (Wildman–Crippen MR) is 67.7 cm³/mol. The average Bonchev–Trinajstić information content (AvgIpc) is 3.12. The quantitative estimate of drug-likeness (QED) is 0.865. The van der Waals surface area contributed by atoms with Gasteiger partial charge in [-0.2, -0.15) is 4.98 Å². The van der Waals surface area contributed by atoms with E-state index in [4.69, 9.17) is 10.3 Å². The minimum absolute atomic E-state index is 0.143. The van der Waals surface area contributed by atoms with Crippen molar-refractivity contribution < 1.29 is 4.52 Å². The van der Waals surface area contributed by atoms with E-state index in [-0.39, 0.29) is 6.04 Å². The van der Waals surface area contributed by atoms with E-state index < -0.39 is 0 Å². The third-order valence-corrected chi connectivity index (χ3v) is 3.72. The zero-order valence-corrected chi connectivity index (χ0v) is 10.3. The summed E-state index contributed by atoms with van der Waals surface area (Å²) >= 11 is 0. The van der Waals surface area contributed by atoms with Crippen molar-refractivity contribution in [2.45, 2.75) is 38.1 Å². The van der Waals surface area contributed by atoms with Crippen LogP contribution in [0.1, 0.15) is 31.6 Å². The van der Waals surface area contributed by atoms with Gasteiger partial charge in [0.2, 0.25) is 11.7 Å². The first-order chi connectivity index (χ1) is 8.83. The third-order valence-electron chi connectivity index (χ3n) is 3.72. The largest absolute Gasteiger partial charge is 0.359 e. The zero-order chi connectivity index (χ0) is 12.4. The fourth-order valence-corrected chi connectivity index (χ4v) is 2.67. The summed E-state index contributed by atoms with van der Waals surface area (Å²) < 4.78 is 5.26. The van der Waals surface area contributed by atoms with Crippen molar-refractivity contribution >= 4 is 0 Å². The minimum Gasteiger partial charge on any atom is -0.359 e. The smallest absolute Gasteiger partial charge is 0.228 e. The summed E-state index contributed by atoms with van der Waals surface area (Å²) in [5.74, 6) is 1.86. The molecule has 3 rings (SSSR count). The Kier molecular flexibility index (Phi) is 3.15. The molecule has 2 aromatic heterocycles. The lowest BCUT2D eigenvalue weighted by Crippen LogP contribution is -2.30. The Hall–Kier alpha value is -1.62. The molecule has 0 bridgehead atoms. The average molecular weight is 246 g/mol. The van der Waals surface area contributed by atoms with Crippen LogP contribution in [0.15, 0.2) is 22.9 Å². The topological polar surface area (TPSA) is 80.7 Å².